The predicted octanol–water partition coefficient (Wildman–Crippen LogP) is 2.24. The summed E-state index contributed by atoms with van der Waals surface area (Å²) in [7, 11) is 0. The van der Waals surface area contributed by atoms with E-state index in [-0.39, 0.29) is 17.9 Å². The second-order valence-electron chi connectivity index (χ2n) is 8.84. The van der Waals surface area contributed by atoms with Crippen molar-refractivity contribution in [2.45, 2.75) is 57.4 Å². The number of carbonyl (C=O) groups excluding carboxylic acids is 2. The Balaban J connectivity index is 1.32. The lowest BCUT2D eigenvalue weighted by atomic mass is 9.84. The van der Waals surface area contributed by atoms with Gasteiger partial charge in [0.1, 0.15) is 0 Å². The summed E-state index contributed by atoms with van der Waals surface area (Å²) in [6.45, 7) is 3.78. The van der Waals surface area contributed by atoms with Crippen molar-refractivity contribution in [2.24, 2.45) is 11.8 Å². The van der Waals surface area contributed by atoms with E-state index in [0.717, 1.165) is 64.0 Å². The minimum atomic E-state index is -0.0535. The van der Waals surface area contributed by atoms with Gasteiger partial charge in [-0.2, -0.15) is 0 Å². The number of rotatable bonds is 7. The Labute approximate surface area is 174 Å². The smallest absolute Gasteiger partial charge is 0.237 e. The van der Waals surface area contributed by atoms with Crippen LogP contribution in [0.1, 0.15) is 50.6 Å². The second-order valence-corrected chi connectivity index (χ2v) is 8.84. The molecular formula is C23H34N4O2. The molecule has 2 saturated carbocycles. The largest absolute Gasteiger partial charge is 0.354 e. The highest BCUT2D eigenvalue weighted by atomic mass is 16.2. The molecule has 1 saturated heterocycles. The molecule has 1 N–H and O–H groups in total. The first-order chi connectivity index (χ1) is 14.2. The van der Waals surface area contributed by atoms with Crippen molar-refractivity contribution in [1.82, 2.24) is 20.1 Å². The molecule has 3 fully saturated rings. The lowest BCUT2D eigenvalue weighted by molar-refractivity contribution is -0.141. The van der Waals surface area contributed by atoms with Crippen LogP contribution in [0.15, 0.2) is 24.4 Å². The summed E-state index contributed by atoms with van der Waals surface area (Å²) in [5, 5.41) is 3.17. The summed E-state index contributed by atoms with van der Waals surface area (Å²) in [6, 6.07) is 5.84. The molecule has 3 aliphatic rings. The Morgan fingerprint density at radius 3 is 2.41 bits per heavy atom. The third-order valence-corrected chi connectivity index (χ3v) is 7.00. The van der Waals surface area contributed by atoms with E-state index in [9.17, 15) is 9.59 Å². The Hall–Kier alpha value is -1.95. The zero-order valence-corrected chi connectivity index (χ0v) is 17.4. The molecular weight excluding hydrogens is 364 g/mol. The third kappa shape index (κ3) is 4.97. The molecule has 158 valence electrons. The Morgan fingerprint density at radius 1 is 1.03 bits per heavy atom. The van der Waals surface area contributed by atoms with Crippen LogP contribution in [0.25, 0.3) is 0 Å². The van der Waals surface area contributed by atoms with Crippen LogP contribution in [0.2, 0.25) is 0 Å². The molecule has 6 nitrogen and oxygen atoms in total. The van der Waals surface area contributed by atoms with Crippen molar-refractivity contribution >= 4 is 11.8 Å². The summed E-state index contributed by atoms with van der Waals surface area (Å²) in [4.78, 5) is 34.4. The van der Waals surface area contributed by atoms with Crippen molar-refractivity contribution in [3.63, 3.8) is 0 Å². The van der Waals surface area contributed by atoms with Crippen LogP contribution in [0.4, 0.5) is 0 Å². The standard InChI is InChI=1S/C23H34N4O2/c28-22(25-13-11-20-10-3-4-12-24-20)21(18-6-1-2-7-18)26-14-16-27(17-15-26)23(29)19-8-5-9-19/h3-4,10,12,18-19,21H,1-2,5-9,11,13-17H2,(H,25,28)/t21-/m0/s1. The molecule has 2 amide bonds. The summed E-state index contributed by atoms with van der Waals surface area (Å²) in [5.74, 6) is 1.21. The van der Waals surface area contributed by atoms with Crippen LogP contribution in [-0.2, 0) is 16.0 Å². The Morgan fingerprint density at radius 2 is 1.79 bits per heavy atom. The minimum Gasteiger partial charge on any atom is -0.354 e. The molecule has 0 bridgehead atoms. The maximum Gasteiger partial charge on any atom is 0.237 e. The highest BCUT2D eigenvalue weighted by molar-refractivity contribution is 5.82. The van der Waals surface area contributed by atoms with Gasteiger partial charge in [-0.05, 0) is 43.7 Å². The van der Waals surface area contributed by atoms with Crippen molar-refractivity contribution in [3.05, 3.63) is 30.1 Å². The number of piperazine rings is 1. The van der Waals surface area contributed by atoms with Crippen molar-refractivity contribution in [3.8, 4) is 0 Å². The van der Waals surface area contributed by atoms with Crippen molar-refractivity contribution < 1.29 is 9.59 Å². The average molecular weight is 399 g/mol. The van der Waals surface area contributed by atoms with Gasteiger partial charge in [0.2, 0.25) is 11.8 Å². The van der Waals surface area contributed by atoms with Gasteiger partial charge in [0, 0.05) is 57.0 Å². The quantitative estimate of drug-likeness (QED) is 0.765. The molecule has 1 atom stereocenters. The van der Waals surface area contributed by atoms with Crippen molar-refractivity contribution in [1.29, 1.82) is 0 Å². The lowest BCUT2D eigenvalue weighted by Gasteiger charge is -2.42. The van der Waals surface area contributed by atoms with E-state index in [0.29, 0.717) is 18.4 Å². The molecule has 0 aromatic carbocycles. The van der Waals surface area contributed by atoms with Crippen LogP contribution in [0.5, 0.6) is 0 Å². The first-order valence-corrected chi connectivity index (χ1v) is 11.4. The topological polar surface area (TPSA) is 65.5 Å². The number of hydrogen-bond acceptors (Lipinski definition) is 4. The van der Waals surface area contributed by atoms with Gasteiger partial charge in [0.05, 0.1) is 6.04 Å². The van der Waals surface area contributed by atoms with E-state index in [4.69, 9.17) is 0 Å². The first-order valence-electron chi connectivity index (χ1n) is 11.4. The summed E-state index contributed by atoms with van der Waals surface area (Å²) in [6.07, 6.45) is 10.6. The maximum absolute atomic E-state index is 13.1. The van der Waals surface area contributed by atoms with Crippen LogP contribution in [-0.4, -0.2) is 65.4 Å². The van der Waals surface area contributed by atoms with Gasteiger partial charge in [-0.15, -0.1) is 0 Å². The number of pyridine rings is 1. The van der Waals surface area contributed by atoms with Gasteiger partial charge in [-0.1, -0.05) is 25.3 Å². The van der Waals surface area contributed by atoms with Crippen LogP contribution >= 0.6 is 0 Å². The van der Waals surface area contributed by atoms with Crippen LogP contribution in [0, 0.1) is 11.8 Å². The summed E-state index contributed by atoms with van der Waals surface area (Å²) >= 11 is 0. The van der Waals surface area contributed by atoms with Crippen LogP contribution in [0.3, 0.4) is 0 Å². The normalized spacial score (nSPS) is 22.3. The number of nitrogens with one attached hydrogen (secondary N) is 1. The number of nitrogens with zero attached hydrogens (tertiary/aromatic N) is 3. The Kier molecular flexibility index (Phi) is 6.80. The zero-order chi connectivity index (χ0) is 20.1. The average Bonchev–Trinajstić information content (AvgIpc) is 3.22. The number of hydrogen-bond donors (Lipinski definition) is 1. The van der Waals surface area contributed by atoms with Gasteiger partial charge < -0.3 is 10.2 Å². The molecule has 1 aromatic rings. The number of aromatic nitrogens is 1. The van der Waals surface area contributed by atoms with E-state index < -0.39 is 0 Å². The fraction of sp³-hybridized carbons (Fsp3) is 0.696. The molecule has 29 heavy (non-hydrogen) atoms. The lowest BCUT2D eigenvalue weighted by Crippen LogP contribution is -2.58. The van der Waals surface area contributed by atoms with Crippen LogP contribution < -0.4 is 5.32 Å². The molecule has 0 spiro atoms. The predicted molar refractivity (Wildman–Crippen MR) is 112 cm³/mol. The molecule has 2 heterocycles. The number of carbonyl (C=O) groups is 2. The third-order valence-electron chi connectivity index (χ3n) is 7.00. The van der Waals surface area contributed by atoms with Gasteiger partial charge in [-0.25, -0.2) is 0 Å². The minimum absolute atomic E-state index is 0.0535. The molecule has 1 aromatic heterocycles. The van der Waals surface area contributed by atoms with Gasteiger partial charge in [0.25, 0.3) is 0 Å². The Bertz CT molecular complexity index is 677. The second kappa shape index (κ2) is 9.70. The molecule has 4 rings (SSSR count). The highest BCUT2D eigenvalue weighted by Gasteiger charge is 2.38. The van der Waals surface area contributed by atoms with Gasteiger partial charge in [-0.3, -0.25) is 19.5 Å². The molecule has 6 heteroatoms. The van der Waals surface area contributed by atoms with Gasteiger partial charge in [0.15, 0.2) is 0 Å². The van der Waals surface area contributed by atoms with E-state index in [1.165, 1.54) is 19.3 Å². The molecule has 0 unspecified atom stereocenters. The fourth-order valence-corrected chi connectivity index (χ4v) is 5.05. The van der Waals surface area contributed by atoms with E-state index >= 15 is 0 Å². The van der Waals surface area contributed by atoms with E-state index in [2.05, 4.69) is 15.2 Å². The number of amides is 2. The maximum atomic E-state index is 13.1. The monoisotopic (exact) mass is 398 g/mol. The van der Waals surface area contributed by atoms with Crippen molar-refractivity contribution in [2.75, 3.05) is 32.7 Å². The highest BCUT2D eigenvalue weighted by Crippen LogP contribution is 2.32. The molecule has 2 aliphatic carbocycles. The van der Waals surface area contributed by atoms with Gasteiger partial charge >= 0.3 is 0 Å². The summed E-state index contributed by atoms with van der Waals surface area (Å²) < 4.78 is 0. The fourth-order valence-electron chi connectivity index (χ4n) is 5.05. The molecule has 0 radical (unpaired) electrons. The SMILES string of the molecule is O=C(NCCc1ccccn1)[C@H](C1CCCC1)N1CCN(C(=O)C2CCC2)CC1. The zero-order valence-electron chi connectivity index (χ0n) is 17.4. The summed E-state index contributed by atoms with van der Waals surface area (Å²) in [5.41, 5.74) is 1.01. The van der Waals surface area contributed by atoms with E-state index in [1.54, 1.807) is 6.20 Å². The molecule has 1 aliphatic heterocycles. The first kappa shape index (κ1) is 20.3. The van der Waals surface area contributed by atoms with E-state index in [1.807, 2.05) is 23.1 Å².